The third kappa shape index (κ3) is 15.0. The molecule has 0 aromatic heterocycles. The fourth-order valence-electron chi connectivity index (χ4n) is 5.68. The predicted molar refractivity (Wildman–Crippen MR) is 182 cm³/mol. The molecule has 0 heterocycles. The van der Waals surface area contributed by atoms with Crippen LogP contribution in [0.25, 0.3) is 0 Å². The average molecular weight is 955 g/mol. The van der Waals surface area contributed by atoms with E-state index in [2.05, 4.69) is 40.1 Å². The lowest BCUT2D eigenvalue weighted by Gasteiger charge is -2.41. The maximum Gasteiger partial charge on any atom is 0.449 e. The van der Waals surface area contributed by atoms with Gasteiger partial charge in [-0.25, -0.2) is 26.7 Å². The molecule has 0 radical (unpaired) electrons. The number of halogens is 21. The van der Waals surface area contributed by atoms with Gasteiger partial charge in [0.2, 0.25) is 17.4 Å². The Morgan fingerprint density at radius 3 is 1.19 bits per heavy atom. The van der Waals surface area contributed by atoms with Crippen molar-refractivity contribution in [1.82, 2.24) is 0 Å². The summed E-state index contributed by atoms with van der Waals surface area (Å²) in [5.74, 6) is -14.0. The lowest BCUT2D eigenvalue weighted by Crippen LogP contribution is -2.67. The molecule has 1 aromatic carbocycles. The van der Waals surface area contributed by atoms with E-state index in [9.17, 15) is 88.2 Å². The van der Waals surface area contributed by atoms with Gasteiger partial charge >= 0.3 is 48.2 Å². The van der Waals surface area contributed by atoms with Crippen LogP contribution in [0, 0.1) is 47.0 Å². The smallest absolute Gasteiger partial charge is 0.449 e. The summed E-state index contributed by atoms with van der Waals surface area (Å²) in [6.45, 7) is 1.11. The van der Waals surface area contributed by atoms with Gasteiger partial charge in [0.1, 0.15) is 5.56 Å². The topological polar surface area (TPSA) is 35.5 Å². The molecule has 63 heavy (non-hydrogen) atoms. The highest BCUT2D eigenvalue weighted by Gasteiger charge is 2.88. The summed E-state index contributed by atoms with van der Waals surface area (Å²) in [4.78, 5) is 12.6. The molecular weight excluding hydrogens is 915 g/mol. The Kier molecular flexibility index (Phi) is 21.4. The zero-order valence-corrected chi connectivity index (χ0v) is 32.9. The molecule has 0 unspecified atom stereocenters. The predicted octanol–water partition coefficient (Wildman–Crippen LogP) is 14.9. The number of esters is 1. The van der Waals surface area contributed by atoms with Crippen LogP contribution >= 0.6 is 0 Å². The first-order valence-corrected chi connectivity index (χ1v) is 19.0. The van der Waals surface area contributed by atoms with Crippen LogP contribution in [-0.2, 0) is 4.74 Å². The zero-order valence-electron chi connectivity index (χ0n) is 32.9. The van der Waals surface area contributed by atoms with Crippen molar-refractivity contribution < 1.29 is 106 Å². The first-order chi connectivity index (χ1) is 28.9. The summed E-state index contributed by atoms with van der Waals surface area (Å²) in [7, 11) is 0. The number of alkyl halides is 17. The van der Waals surface area contributed by atoms with Crippen molar-refractivity contribution in [1.29, 1.82) is 0 Å². The van der Waals surface area contributed by atoms with Crippen LogP contribution in [0.15, 0.2) is 11.3 Å². The molecule has 0 saturated heterocycles. The number of allylic oxidation sites excluding steroid dienone is 2. The standard InChI is InChI=1S/C39H39F21O3/c1-2-3-4-5-6-7-8-9-10-11-12-13-14-15-16-17-18-19-20-21-22-23-62-32(61)24-25(40)26(41)27(42)28(43)29(24)63-31(35(46,47)48)30(33(44,36(49,50)51)37(52,53)54)34(45,38(55,56)57)39(58,59)60/h2-10,15-23H2,1H3. The zero-order chi connectivity index (χ0) is 48.7. The molecule has 0 amide bonds. The van der Waals surface area contributed by atoms with E-state index in [1.807, 2.05) is 0 Å². The molecule has 1 rings (SSSR count). The van der Waals surface area contributed by atoms with Gasteiger partial charge in [0.05, 0.1) is 12.2 Å². The number of rotatable bonds is 22. The second-order valence-electron chi connectivity index (χ2n) is 13.8. The molecule has 0 fully saturated rings. The Morgan fingerprint density at radius 2 is 0.825 bits per heavy atom. The molecule has 0 saturated carbocycles. The van der Waals surface area contributed by atoms with Crippen LogP contribution in [0.3, 0.4) is 0 Å². The normalized spacial score (nSPS) is 12.9. The summed E-state index contributed by atoms with van der Waals surface area (Å²) in [5, 5.41) is 0. The molecule has 0 atom stereocenters. The van der Waals surface area contributed by atoms with Crippen LogP contribution in [0.5, 0.6) is 5.75 Å². The minimum absolute atomic E-state index is 0.0881. The molecular formula is C39H39F21O3. The number of hydrogen-bond acceptors (Lipinski definition) is 3. The summed E-state index contributed by atoms with van der Waals surface area (Å²) in [5.41, 5.74) is -26.6. The first kappa shape index (κ1) is 56.9. The van der Waals surface area contributed by atoms with Gasteiger partial charge in [-0.2, -0.15) is 70.2 Å². The van der Waals surface area contributed by atoms with Gasteiger partial charge in [-0.1, -0.05) is 95.8 Å². The number of unbranched alkanes of at least 4 members (excludes halogenated alkanes) is 15. The molecule has 0 aliphatic heterocycles. The highest BCUT2D eigenvalue weighted by molar-refractivity contribution is 5.93. The molecule has 360 valence electrons. The van der Waals surface area contributed by atoms with E-state index in [0.717, 1.165) is 25.7 Å². The van der Waals surface area contributed by atoms with Gasteiger partial charge in [0.25, 0.3) is 0 Å². The molecule has 0 spiro atoms. The first-order valence-electron chi connectivity index (χ1n) is 19.0. The number of carbonyl (C=O) groups is 1. The average Bonchev–Trinajstić information content (AvgIpc) is 3.15. The molecule has 0 aliphatic carbocycles. The fourth-order valence-corrected chi connectivity index (χ4v) is 5.68. The minimum Gasteiger partial charge on any atom is -0.462 e. The molecule has 3 nitrogen and oxygen atoms in total. The van der Waals surface area contributed by atoms with Crippen LogP contribution in [0.1, 0.15) is 126 Å². The van der Waals surface area contributed by atoms with Gasteiger partial charge < -0.3 is 9.47 Å². The molecule has 0 aliphatic rings. The van der Waals surface area contributed by atoms with Gasteiger partial charge in [0.15, 0.2) is 17.4 Å². The quantitative estimate of drug-likeness (QED) is 0.0221. The van der Waals surface area contributed by atoms with E-state index >= 15 is 8.78 Å². The van der Waals surface area contributed by atoms with Gasteiger partial charge in [-0.3, -0.25) is 0 Å². The van der Waals surface area contributed by atoms with E-state index in [1.54, 1.807) is 0 Å². The van der Waals surface area contributed by atoms with Crippen molar-refractivity contribution in [2.24, 2.45) is 0 Å². The minimum atomic E-state index is -8.74. The second kappa shape index (κ2) is 23.7. The van der Waals surface area contributed by atoms with Crippen molar-refractivity contribution >= 4 is 5.97 Å². The van der Waals surface area contributed by atoms with Crippen LogP contribution in [0.4, 0.5) is 92.2 Å². The van der Waals surface area contributed by atoms with E-state index < -0.39 is 101 Å². The highest BCUT2D eigenvalue weighted by atomic mass is 19.4. The van der Waals surface area contributed by atoms with Crippen LogP contribution < -0.4 is 4.74 Å². The van der Waals surface area contributed by atoms with E-state index in [-0.39, 0.29) is 12.8 Å². The lowest BCUT2D eigenvalue weighted by molar-refractivity contribution is -0.366. The van der Waals surface area contributed by atoms with Crippen molar-refractivity contribution in [3.8, 4) is 29.4 Å². The third-order valence-corrected chi connectivity index (χ3v) is 8.94. The van der Waals surface area contributed by atoms with E-state index in [4.69, 9.17) is 0 Å². The molecule has 0 bridgehead atoms. The Hall–Kier alpha value is -4.12. The third-order valence-electron chi connectivity index (χ3n) is 8.94. The van der Waals surface area contributed by atoms with Gasteiger partial charge in [-0.15, -0.1) is 0 Å². The Balaban J connectivity index is 3.25. The molecule has 24 heteroatoms. The summed E-state index contributed by atoms with van der Waals surface area (Å²) < 4.78 is 300. The largest absolute Gasteiger partial charge is 0.462 e. The van der Waals surface area contributed by atoms with Gasteiger partial charge in [-0.05, 0) is 31.1 Å². The number of carbonyl (C=O) groups excluding carboxylic acids is 1. The lowest BCUT2D eigenvalue weighted by atomic mass is 9.79. The highest BCUT2D eigenvalue weighted by Crippen LogP contribution is 2.63. The summed E-state index contributed by atoms with van der Waals surface area (Å²) in [6, 6.07) is 0. The Labute approximate surface area is 347 Å². The summed E-state index contributed by atoms with van der Waals surface area (Å²) in [6.07, 6.45) is -28.6. The maximum atomic E-state index is 15.0. The van der Waals surface area contributed by atoms with E-state index in [1.165, 1.54) is 32.1 Å². The van der Waals surface area contributed by atoms with Crippen molar-refractivity contribution in [2.45, 2.75) is 158 Å². The molecule has 0 N–H and O–H groups in total. The Bertz CT molecular complexity index is 1730. The van der Waals surface area contributed by atoms with Crippen molar-refractivity contribution in [2.75, 3.05) is 6.61 Å². The number of hydrogen-bond donors (Lipinski definition) is 0. The second-order valence-corrected chi connectivity index (χ2v) is 13.8. The molecule has 1 aromatic rings. The monoisotopic (exact) mass is 954 g/mol. The number of ether oxygens (including phenoxy) is 2. The van der Waals surface area contributed by atoms with E-state index in [0.29, 0.717) is 38.5 Å². The van der Waals surface area contributed by atoms with Crippen molar-refractivity contribution in [3.05, 3.63) is 40.2 Å². The van der Waals surface area contributed by atoms with Crippen LogP contribution in [0.2, 0.25) is 0 Å². The maximum absolute atomic E-state index is 15.0. The SMILES string of the molecule is CCCCCCCCCCC#CC#CCCCCCCCCCOC(=O)c1c(F)c(F)c(F)c(F)c1OC(=C(C(F)(C(F)(F)F)C(F)(F)F)C(F)(C(F)(F)F)C(F)(F)F)C(F)(F)F. The van der Waals surface area contributed by atoms with Gasteiger partial charge in [0, 0.05) is 12.8 Å². The summed E-state index contributed by atoms with van der Waals surface area (Å²) >= 11 is 0. The Morgan fingerprint density at radius 1 is 0.476 bits per heavy atom. The van der Waals surface area contributed by atoms with Crippen LogP contribution in [-0.4, -0.2) is 54.8 Å². The fraction of sp³-hybridized carbons (Fsp3) is 0.667. The van der Waals surface area contributed by atoms with Crippen molar-refractivity contribution in [3.63, 3.8) is 0 Å². The number of benzene rings is 1.